The third-order valence-corrected chi connectivity index (χ3v) is 5.49. The number of aryl methyl sites for hydroxylation is 1. The van der Waals surface area contributed by atoms with Gasteiger partial charge < -0.3 is 10.2 Å². The van der Waals surface area contributed by atoms with Crippen molar-refractivity contribution in [2.45, 2.75) is 70.5 Å². The van der Waals surface area contributed by atoms with Crippen LogP contribution in [0.2, 0.25) is 0 Å². The quantitative estimate of drug-likeness (QED) is 0.924. The van der Waals surface area contributed by atoms with Gasteiger partial charge in [-0.05, 0) is 44.9 Å². The summed E-state index contributed by atoms with van der Waals surface area (Å²) < 4.78 is 0. The van der Waals surface area contributed by atoms with Crippen LogP contribution in [-0.2, 0) is 6.54 Å². The highest BCUT2D eigenvalue weighted by atomic mass is 15.3. The molecule has 1 N–H and O–H groups in total. The average Bonchev–Trinajstić information content (AvgIpc) is 3.23. The smallest absolute Gasteiger partial charge is 0.225 e. The van der Waals surface area contributed by atoms with Crippen LogP contribution in [0.4, 0.5) is 5.95 Å². The van der Waals surface area contributed by atoms with E-state index in [9.17, 15) is 0 Å². The van der Waals surface area contributed by atoms with E-state index in [1.54, 1.807) is 0 Å². The summed E-state index contributed by atoms with van der Waals surface area (Å²) in [6.07, 6.45) is 11.6. The Labute approximate surface area is 127 Å². The number of nitrogens with one attached hydrogen (secondary N) is 1. The van der Waals surface area contributed by atoms with Gasteiger partial charge in [-0.3, -0.25) is 0 Å². The van der Waals surface area contributed by atoms with Crippen molar-refractivity contribution in [2.24, 2.45) is 5.92 Å². The molecule has 0 amide bonds. The minimum Gasteiger partial charge on any atom is -0.338 e. The number of rotatable bonds is 4. The number of hydrogen-bond donors (Lipinski definition) is 1. The summed E-state index contributed by atoms with van der Waals surface area (Å²) in [5.74, 6) is 1.86. The summed E-state index contributed by atoms with van der Waals surface area (Å²) in [4.78, 5) is 12.0. The molecule has 2 aliphatic carbocycles. The first-order chi connectivity index (χ1) is 10.3. The molecule has 0 aromatic carbocycles. The van der Waals surface area contributed by atoms with Crippen molar-refractivity contribution in [3.63, 3.8) is 0 Å². The molecule has 114 valence electrons. The molecule has 1 saturated heterocycles. The average molecular weight is 286 g/mol. The summed E-state index contributed by atoms with van der Waals surface area (Å²) in [6, 6.07) is 1.44. The standard InChI is InChI=1S/C17H26N4/c1-12-14(10-18-15-6-7-15)11-19-17(20-12)21-9-8-13-4-2-3-5-16(13)21/h11,13,15-16,18H,2-10H2,1H3. The molecule has 2 heterocycles. The predicted octanol–water partition coefficient (Wildman–Crippen LogP) is 2.81. The van der Waals surface area contributed by atoms with E-state index in [-0.39, 0.29) is 0 Å². The molecule has 3 aliphatic rings. The molecule has 1 aliphatic heterocycles. The van der Waals surface area contributed by atoms with Crippen LogP contribution in [0.5, 0.6) is 0 Å². The topological polar surface area (TPSA) is 41.1 Å². The lowest BCUT2D eigenvalue weighted by molar-refractivity contribution is 0.340. The van der Waals surface area contributed by atoms with Gasteiger partial charge in [-0.15, -0.1) is 0 Å². The number of aromatic nitrogens is 2. The molecule has 4 rings (SSSR count). The Morgan fingerprint density at radius 1 is 1.19 bits per heavy atom. The molecule has 3 fully saturated rings. The van der Waals surface area contributed by atoms with Gasteiger partial charge in [0.1, 0.15) is 0 Å². The van der Waals surface area contributed by atoms with Gasteiger partial charge in [-0.25, -0.2) is 9.97 Å². The van der Waals surface area contributed by atoms with Gasteiger partial charge in [-0.1, -0.05) is 12.8 Å². The lowest BCUT2D eigenvalue weighted by Crippen LogP contribution is -2.36. The van der Waals surface area contributed by atoms with Crippen LogP contribution >= 0.6 is 0 Å². The van der Waals surface area contributed by atoms with E-state index in [1.165, 1.54) is 50.5 Å². The van der Waals surface area contributed by atoms with Crippen LogP contribution in [-0.4, -0.2) is 28.6 Å². The lowest BCUT2D eigenvalue weighted by atomic mass is 9.85. The van der Waals surface area contributed by atoms with Gasteiger partial charge in [0, 0.05) is 42.6 Å². The molecule has 4 heteroatoms. The second-order valence-electron chi connectivity index (χ2n) is 7.03. The van der Waals surface area contributed by atoms with Crippen molar-refractivity contribution in [3.05, 3.63) is 17.5 Å². The Morgan fingerprint density at radius 2 is 2.05 bits per heavy atom. The maximum absolute atomic E-state index is 4.82. The summed E-state index contributed by atoms with van der Waals surface area (Å²) in [6.45, 7) is 4.20. The highest BCUT2D eigenvalue weighted by Crippen LogP contribution is 2.37. The SMILES string of the molecule is Cc1nc(N2CCC3CCCCC32)ncc1CNC1CC1. The van der Waals surface area contributed by atoms with Gasteiger partial charge in [0.05, 0.1) is 0 Å². The molecule has 2 unspecified atom stereocenters. The van der Waals surface area contributed by atoms with Crippen LogP contribution < -0.4 is 10.2 Å². The largest absolute Gasteiger partial charge is 0.338 e. The Hall–Kier alpha value is -1.16. The van der Waals surface area contributed by atoms with Crippen molar-refractivity contribution in [3.8, 4) is 0 Å². The minimum absolute atomic E-state index is 0.702. The lowest BCUT2D eigenvalue weighted by Gasteiger charge is -2.31. The normalized spacial score (nSPS) is 28.7. The van der Waals surface area contributed by atoms with Crippen molar-refractivity contribution in [1.82, 2.24) is 15.3 Å². The molecule has 0 radical (unpaired) electrons. The van der Waals surface area contributed by atoms with E-state index < -0.39 is 0 Å². The van der Waals surface area contributed by atoms with E-state index in [0.717, 1.165) is 36.7 Å². The first-order valence-electron chi connectivity index (χ1n) is 8.64. The zero-order valence-electron chi connectivity index (χ0n) is 13.0. The van der Waals surface area contributed by atoms with E-state index >= 15 is 0 Å². The molecular formula is C17H26N4. The predicted molar refractivity (Wildman–Crippen MR) is 84.3 cm³/mol. The van der Waals surface area contributed by atoms with Crippen LogP contribution in [0, 0.1) is 12.8 Å². The summed E-state index contributed by atoms with van der Waals surface area (Å²) >= 11 is 0. The molecule has 1 aromatic rings. The van der Waals surface area contributed by atoms with E-state index in [1.807, 2.05) is 6.20 Å². The highest BCUT2D eigenvalue weighted by Gasteiger charge is 2.36. The molecule has 2 saturated carbocycles. The number of fused-ring (bicyclic) bond motifs is 1. The minimum atomic E-state index is 0.702. The fourth-order valence-corrected chi connectivity index (χ4v) is 3.99. The van der Waals surface area contributed by atoms with E-state index in [2.05, 4.69) is 22.1 Å². The van der Waals surface area contributed by atoms with Crippen molar-refractivity contribution in [1.29, 1.82) is 0 Å². The second-order valence-corrected chi connectivity index (χ2v) is 7.03. The van der Waals surface area contributed by atoms with Crippen molar-refractivity contribution in [2.75, 3.05) is 11.4 Å². The monoisotopic (exact) mass is 286 g/mol. The Kier molecular flexibility index (Phi) is 3.57. The molecule has 1 aromatic heterocycles. The summed E-state index contributed by atoms with van der Waals surface area (Å²) in [5.41, 5.74) is 2.40. The third kappa shape index (κ3) is 2.78. The summed E-state index contributed by atoms with van der Waals surface area (Å²) in [7, 11) is 0. The van der Waals surface area contributed by atoms with Crippen molar-refractivity contribution < 1.29 is 0 Å². The first kappa shape index (κ1) is 13.5. The molecule has 2 atom stereocenters. The zero-order valence-corrected chi connectivity index (χ0v) is 13.0. The van der Waals surface area contributed by atoms with Crippen LogP contribution in [0.3, 0.4) is 0 Å². The molecular weight excluding hydrogens is 260 g/mol. The van der Waals surface area contributed by atoms with Gasteiger partial charge in [0.25, 0.3) is 0 Å². The van der Waals surface area contributed by atoms with Gasteiger partial charge in [-0.2, -0.15) is 0 Å². The Balaban J connectivity index is 1.48. The van der Waals surface area contributed by atoms with E-state index in [4.69, 9.17) is 4.98 Å². The third-order valence-electron chi connectivity index (χ3n) is 5.49. The molecule has 21 heavy (non-hydrogen) atoms. The fraction of sp³-hybridized carbons (Fsp3) is 0.765. The molecule has 0 bridgehead atoms. The first-order valence-corrected chi connectivity index (χ1v) is 8.64. The fourth-order valence-electron chi connectivity index (χ4n) is 3.99. The number of anilines is 1. The second kappa shape index (κ2) is 5.56. The van der Waals surface area contributed by atoms with Crippen LogP contribution in [0.25, 0.3) is 0 Å². The van der Waals surface area contributed by atoms with E-state index in [0.29, 0.717) is 6.04 Å². The number of hydrogen-bond acceptors (Lipinski definition) is 4. The van der Waals surface area contributed by atoms with Gasteiger partial charge >= 0.3 is 0 Å². The molecule has 0 spiro atoms. The maximum Gasteiger partial charge on any atom is 0.225 e. The Morgan fingerprint density at radius 3 is 2.86 bits per heavy atom. The Bertz CT molecular complexity index is 512. The summed E-state index contributed by atoms with van der Waals surface area (Å²) in [5, 5.41) is 3.55. The van der Waals surface area contributed by atoms with Crippen molar-refractivity contribution >= 4 is 5.95 Å². The van der Waals surface area contributed by atoms with Gasteiger partial charge in [0.15, 0.2) is 0 Å². The number of nitrogens with zero attached hydrogens (tertiary/aromatic N) is 3. The molecule has 4 nitrogen and oxygen atoms in total. The maximum atomic E-state index is 4.82. The van der Waals surface area contributed by atoms with Crippen LogP contribution in [0.15, 0.2) is 6.20 Å². The van der Waals surface area contributed by atoms with Gasteiger partial charge in [0.2, 0.25) is 5.95 Å². The zero-order chi connectivity index (χ0) is 14.2. The van der Waals surface area contributed by atoms with Crippen LogP contribution in [0.1, 0.15) is 56.2 Å². The highest BCUT2D eigenvalue weighted by molar-refractivity contribution is 5.36.